The van der Waals surface area contributed by atoms with Crippen molar-refractivity contribution in [1.82, 2.24) is 35.4 Å². The zero-order valence-corrected chi connectivity index (χ0v) is 59.2. The lowest BCUT2D eigenvalue weighted by Crippen LogP contribution is -2.50. The van der Waals surface area contributed by atoms with Gasteiger partial charge in [-0.2, -0.15) is 0 Å². The highest BCUT2D eigenvalue weighted by atomic mass is 16.6. The fourth-order valence-electron chi connectivity index (χ4n) is 14.9. The van der Waals surface area contributed by atoms with Gasteiger partial charge in [-0.15, -0.1) is 5.10 Å². The van der Waals surface area contributed by atoms with Crippen LogP contribution in [0.25, 0.3) is 22.5 Å². The maximum atomic E-state index is 14.5. The number of benzene rings is 5. The molecule has 2 spiro atoms. The Bertz CT molecular complexity index is 4370. The van der Waals surface area contributed by atoms with Gasteiger partial charge in [0.1, 0.15) is 18.1 Å². The van der Waals surface area contributed by atoms with Gasteiger partial charge in [-0.1, -0.05) is 85.8 Å². The molecule has 5 aliphatic heterocycles. The molecule has 7 aliphatic rings. The SMILES string of the molecule is COc1cc2c(cc1OCCCOc1cc3c(cc1OC)C(=O)N1CC4(CC4)C[C@H]1C(O)N3C(=O)OCc1ccc(CC(=O)[C@H](C)NC(=O)[C@@H](CC(=O)CNC(=O)CCC(=O)CCC(=O)N3Cc4ccccc4-c4nnn(C(C)C)c4-c4ccccc43)C(C)C)cc1)N=C[C@@H]1CC3(CC3)CN1C2=O. The van der Waals surface area contributed by atoms with Gasteiger partial charge in [-0.25, -0.2) is 14.4 Å². The molecule has 3 N–H and O–H groups in total. The number of ether oxygens (including phenoxy) is 5. The highest BCUT2D eigenvalue weighted by Gasteiger charge is 2.58. The van der Waals surface area contributed by atoms with Crippen molar-refractivity contribution in [3.8, 4) is 45.5 Å². The largest absolute Gasteiger partial charge is 0.493 e. The number of Topliss-reactive ketones (excluding diaryl/α,β-unsaturated/α-hetero) is 3. The number of carbonyl (C=O) groups is 9. The second-order valence-corrected chi connectivity index (χ2v) is 29.2. The second kappa shape index (κ2) is 29.6. The molecule has 2 aliphatic carbocycles. The molecular weight excluding hydrogens is 1320 g/mol. The molecule has 0 bridgehead atoms. The number of hydrogen-bond acceptors (Lipinski definition) is 18. The number of aromatic nitrogens is 3. The minimum absolute atomic E-state index is 0.0134. The number of aliphatic hydroxyl groups excluding tert-OH is 1. The number of ketones is 3. The number of hydrogen-bond donors (Lipinski definition) is 3. The first-order valence-corrected chi connectivity index (χ1v) is 35.7. The third kappa shape index (κ3) is 15.0. The normalized spacial score (nSPS) is 18.9. The van der Waals surface area contributed by atoms with Gasteiger partial charge >= 0.3 is 6.09 Å². The number of anilines is 2. The monoisotopic (exact) mass is 1400 g/mol. The second-order valence-electron chi connectivity index (χ2n) is 29.2. The predicted octanol–water partition coefficient (Wildman–Crippen LogP) is 9.88. The predicted molar refractivity (Wildman–Crippen MR) is 380 cm³/mol. The molecule has 1 unspecified atom stereocenters. The summed E-state index contributed by atoms with van der Waals surface area (Å²) >= 11 is 0. The van der Waals surface area contributed by atoms with Crippen molar-refractivity contribution in [1.29, 1.82) is 0 Å². The van der Waals surface area contributed by atoms with Crippen LogP contribution in [0.5, 0.6) is 23.0 Å². The van der Waals surface area contributed by atoms with Crippen LogP contribution in [0.1, 0.15) is 155 Å². The van der Waals surface area contributed by atoms with Crippen molar-refractivity contribution >= 4 is 76.3 Å². The highest BCUT2D eigenvalue weighted by molar-refractivity contribution is 6.07. The third-order valence-electron chi connectivity index (χ3n) is 21.3. The van der Waals surface area contributed by atoms with Crippen LogP contribution < -0.4 is 39.4 Å². The van der Waals surface area contributed by atoms with E-state index in [1.165, 1.54) is 26.4 Å². The standard InChI is InChI=1S/C78H88N10O15/c1-45(2)56(32-53(90)40-80-68(92)23-21-52(89)22-24-69(93)84-41-50-13-8-9-14-54(50)70-71(88(46(3)4)83-82-70)55-15-10-11-16-60(55)84)72(94)81-47(5)63(91)31-48-17-19-49(20-18-48)42-103-76(98)87-61-36-67(65(100-7)34-58(61)74(96)86-44-78(27-28-78)38-62(86)75(87)97)102-30-12-29-101-66-35-59-57(33-64(66)99-6)73(95)85-43-77(25-26-77)37-51(85)39-79-59/h8-11,13-20,33-36,39,45-47,51,56,62,75,97H,12,21-32,37-38,40-44H2,1-7H3,(H,80,92)(H,81,94)/t47-,51-,56-,62-,75?/m0/s1. The molecular formula is C78H88N10O15. The van der Waals surface area contributed by atoms with Gasteiger partial charge in [0.2, 0.25) is 17.7 Å². The van der Waals surface area contributed by atoms with E-state index < -0.39 is 47.9 Å². The molecule has 2 saturated carbocycles. The molecule has 6 aromatic rings. The number of rotatable bonds is 27. The number of fused-ring (bicyclic) bond motifs is 9. The molecule has 540 valence electrons. The van der Waals surface area contributed by atoms with Crippen molar-refractivity contribution in [2.45, 2.75) is 162 Å². The molecule has 5 atom stereocenters. The van der Waals surface area contributed by atoms with Crippen LogP contribution in [-0.2, 0) is 53.1 Å². The molecule has 0 radical (unpaired) electrons. The molecule has 4 fully saturated rings. The highest BCUT2D eigenvalue weighted by Crippen LogP contribution is 2.58. The summed E-state index contributed by atoms with van der Waals surface area (Å²) in [6.45, 7) is 10.3. The Balaban J connectivity index is 0.568. The maximum absolute atomic E-state index is 14.5. The van der Waals surface area contributed by atoms with Crippen LogP contribution in [-0.4, -0.2) is 161 Å². The molecule has 13 rings (SSSR count). The molecule has 6 amide bonds. The first-order valence-electron chi connectivity index (χ1n) is 35.7. The zero-order valence-electron chi connectivity index (χ0n) is 59.2. The van der Waals surface area contributed by atoms with Crippen molar-refractivity contribution in [3.05, 3.63) is 125 Å². The summed E-state index contributed by atoms with van der Waals surface area (Å²) in [7, 11) is 2.97. The van der Waals surface area contributed by atoms with E-state index in [4.69, 9.17) is 28.7 Å². The van der Waals surface area contributed by atoms with Gasteiger partial charge in [0.25, 0.3) is 11.8 Å². The Hall–Kier alpha value is -10.3. The van der Waals surface area contributed by atoms with Crippen molar-refractivity contribution in [2.24, 2.45) is 27.7 Å². The Labute approximate surface area is 597 Å². The van der Waals surface area contributed by atoms with Gasteiger partial charge < -0.3 is 54.1 Å². The summed E-state index contributed by atoms with van der Waals surface area (Å²) in [5, 5.41) is 26.6. The summed E-state index contributed by atoms with van der Waals surface area (Å²) in [6, 6.07) is 26.8. The van der Waals surface area contributed by atoms with Crippen LogP contribution >= 0.6 is 0 Å². The Morgan fingerprint density at radius 1 is 0.680 bits per heavy atom. The quantitative estimate of drug-likeness (QED) is 0.0404. The first-order chi connectivity index (χ1) is 49.5. The molecule has 2 saturated heterocycles. The van der Waals surface area contributed by atoms with E-state index >= 15 is 0 Å². The summed E-state index contributed by atoms with van der Waals surface area (Å²) in [5.74, 6) is -2.60. The van der Waals surface area contributed by atoms with E-state index in [0.717, 1.165) is 71.6 Å². The van der Waals surface area contributed by atoms with Gasteiger partial charge in [0.05, 0.1) is 92.5 Å². The smallest absolute Gasteiger partial charge is 0.416 e. The van der Waals surface area contributed by atoms with Gasteiger partial charge in [-0.3, -0.25) is 43.3 Å². The van der Waals surface area contributed by atoms with Crippen LogP contribution in [0.4, 0.5) is 21.9 Å². The molecule has 6 heterocycles. The van der Waals surface area contributed by atoms with E-state index in [0.29, 0.717) is 59.0 Å². The Kier molecular flexibility index (Phi) is 20.4. The number of methoxy groups -OCH3 is 2. The van der Waals surface area contributed by atoms with Crippen LogP contribution in [0.2, 0.25) is 0 Å². The Morgan fingerprint density at radius 3 is 2.02 bits per heavy atom. The fraction of sp³-hybridized carbons (Fsp3) is 0.462. The van der Waals surface area contributed by atoms with Crippen molar-refractivity contribution < 1.29 is 71.9 Å². The van der Waals surface area contributed by atoms with Crippen molar-refractivity contribution in [3.63, 3.8) is 0 Å². The topological polar surface area (TPSA) is 300 Å². The third-order valence-corrected chi connectivity index (χ3v) is 21.3. The average molecular weight is 1410 g/mol. The summed E-state index contributed by atoms with van der Waals surface area (Å²) in [6.07, 6.45) is 4.53. The van der Waals surface area contributed by atoms with Crippen LogP contribution in [0, 0.1) is 22.7 Å². The molecule has 5 aromatic carbocycles. The lowest BCUT2D eigenvalue weighted by Gasteiger charge is -2.31. The fourth-order valence-corrected chi connectivity index (χ4v) is 14.9. The average Bonchev–Trinajstić information content (AvgIpc) is 1.59. The van der Waals surface area contributed by atoms with E-state index in [1.54, 1.807) is 67.0 Å². The molecule has 103 heavy (non-hydrogen) atoms. The number of nitrogens with one attached hydrogen (secondary N) is 2. The van der Waals surface area contributed by atoms with E-state index in [2.05, 4.69) is 20.9 Å². The number of amides is 6. The van der Waals surface area contributed by atoms with Gasteiger partial charge in [0.15, 0.2) is 40.8 Å². The van der Waals surface area contributed by atoms with Gasteiger partial charge in [-0.05, 0) is 111 Å². The number of para-hydroxylation sites is 1. The van der Waals surface area contributed by atoms with Gasteiger partial charge in [0, 0.05) is 99.5 Å². The zero-order chi connectivity index (χ0) is 72.6. The first kappa shape index (κ1) is 71.1. The van der Waals surface area contributed by atoms with Crippen LogP contribution in [0.15, 0.2) is 102 Å². The minimum Gasteiger partial charge on any atom is -0.493 e. The summed E-state index contributed by atoms with van der Waals surface area (Å²) < 4.78 is 31.7. The maximum Gasteiger partial charge on any atom is 0.416 e. The lowest BCUT2D eigenvalue weighted by atomic mass is 9.89. The Morgan fingerprint density at radius 2 is 1.32 bits per heavy atom. The lowest BCUT2D eigenvalue weighted by molar-refractivity contribution is -0.133. The number of carbonyl (C=O) groups excluding carboxylic acids is 9. The van der Waals surface area contributed by atoms with E-state index in [9.17, 15) is 48.3 Å². The molecule has 25 nitrogen and oxygen atoms in total. The summed E-state index contributed by atoms with van der Waals surface area (Å²) in [4.78, 5) is 135. The number of nitrogens with zero attached hydrogens (tertiary/aromatic N) is 8. The molecule has 1 aromatic heterocycles. The minimum atomic E-state index is -1.48. The molecule has 25 heteroatoms. The number of aliphatic hydroxyl groups is 1. The van der Waals surface area contributed by atoms with Crippen molar-refractivity contribution in [2.75, 3.05) is 56.9 Å². The van der Waals surface area contributed by atoms with E-state index in [-0.39, 0.29) is 152 Å². The van der Waals surface area contributed by atoms with Crippen LogP contribution in [0.3, 0.4) is 0 Å². The summed E-state index contributed by atoms with van der Waals surface area (Å²) in [5.41, 5.74) is 7.16. The van der Waals surface area contributed by atoms with E-state index in [1.807, 2.05) is 78.2 Å². The number of aliphatic imine (C=N–C) groups is 1.